The number of aromatic nitrogens is 1. The summed E-state index contributed by atoms with van der Waals surface area (Å²) in [7, 11) is 1.69. The van der Waals surface area contributed by atoms with Crippen LogP contribution >= 0.6 is 23.1 Å². The summed E-state index contributed by atoms with van der Waals surface area (Å²) in [5.74, 6) is -0.113. The Hall–Kier alpha value is -1.89. The Labute approximate surface area is 174 Å². The molecule has 0 radical (unpaired) electrons. The molecule has 0 atom stereocenters. The number of aryl methyl sites for hydroxylation is 3. The van der Waals surface area contributed by atoms with Gasteiger partial charge in [-0.05, 0) is 61.9 Å². The molecule has 3 rings (SSSR count). The van der Waals surface area contributed by atoms with E-state index < -0.39 is 0 Å². The Balaban J connectivity index is 2.01. The van der Waals surface area contributed by atoms with Crippen LogP contribution in [0.1, 0.15) is 22.3 Å². The van der Waals surface area contributed by atoms with Crippen molar-refractivity contribution >= 4 is 39.2 Å². The number of ether oxygens (including phenoxy) is 1. The lowest BCUT2D eigenvalue weighted by atomic mass is 9.97. The second-order valence-electron chi connectivity index (χ2n) is 6.92. The third kappa shape index (κ3) is 4.57. The first-order valence-corrected chi connectivity index (χ1v) is 11.3. The lowest BCUT2D eigenvalue weighted by Gasteiger charge is -2.09. The molecule has 0 aliphatic carbocycles. The van der Waals surface area contributed by atoms with Gasteiger partial charge >= 0.3 is 0 Å². The third-order valence-corrected chi connectivity index (χ3v) is 6.56. The summed E-state index contributed by atoms with van der Waals surface area (Å²) in [6, 6.07) is 10.6. The molecule has 0 aliphatic rings. The molecule has 0 unspecified atom stereocenters. The molecule has 148 valence electrons. The average molecular weight is 415 g/mol. The van der Waals surface area contributed by atoms with Crippen LogP contribution in [0.4, 0.5) is 0 Å². The quantitative estimate of drug-likeness (QED) is 0.551. The summed E-state index contributed by atoms with van der Waals surface area (Å²) in [5.41, 5.74) is 5.68. The number of fused-ring (bicyclic) bond motifs is 1. The zero-order chi connectivity index (χ0) is 20.3. The number of nitrogens with zero attached hydrogens (tertiary/aromatic N) is 2. The van der Waals surface area contributed by atoms with Crippen LogP contribution < -0.4 is 4.80 Å². The van der Waals surface area contributed by atoms with E-state index in [1.54, 1.807) is 30.2 Å². The summed E-state index contributed by atoms with van der Waals surface area (Å²) >= 11 is 3.27. The van der Waals surface area contributed by atoms with E-state index in [4.69, 9.17) is 4.74 Å². The van der Waals surface area contributed by atoms with Crippen molar-refractivity contribution in [3.63, 3.8) is 0 Å². The number of hydrogen-bond donors (Lipinski definition) is 0. The van der Waals surface area contributed by atoms with Crippen molar-refractivity contribution in [3.05, 3.63) is 57.4 Å². The molecule has 0 saturated heterocycles. The molecule has 3 aromatic rings. The van der Waals surface area contributed by atoms with Gasteiger partial charge in [-0.15, -0.1) is 11.8 Å². The molecule has 0 fully saturated rings. The largest absolute Gasteiger partial charge is 0.383 e. The van der Waals surface area contributed by atoms with Crippen molar-refractivity contribution in [1.29, 1.82) is 0 Å². The fourth-order valence-corrected chi connectivity index (χ4v) is 5.08. The fraction of sp³-hybridized carbons (Fsp3) is 0.364. The Morgan fingerprint density at radius 1 is 1.18 bits per heavy atom. The van der Waals surface area contributed by atoms with Crippen molar-refractivity contribution < 1.29 is 9.53 Å². The maximum atomic E-state index is 12.8. The number of hydrogen-bond acceptors (Lipinski definition) is 4. The zero-order valence-electron chi connectivity index (χ0n) is 17.0. The van der Waals surface area contributed by atoms with E-state index in [9.17, 15) is 4.79 Å². The molecule has 2 aromatic carbocycles. The number of methoxy groups -OCH3 is 1. The highest BCUT2D eigenvalue weighted by Crippen LogP contribution is 2.24. The summed E-state index contributed by atoms with van der Waals surface area (Å²) in [4.78, 5) is 19.2. The summed E-state index contributed by atoms with van der Waals surface area (Å²) in [6.07, 6.45) is 2.39. The second-order valence-corrected chi connectivity index (χ2v) is 8.81. The van der Waals surface area contributed by atoms with Crippen LogP contribution in [0.25, 0.3) is 10.2 Å². The number of benzene rings is 2. The van der Waals surface area contributed by atoms with Gasteiger partial charge in [0.05, 0.1) is 23.2 Å². The van der Waals surface area contributed by atoms with Gasteiger partial charge in [0, 0.05) is 18.6 Å². The van der Waals surface area contributed by atoms with E-state index in [0.29, 0.717) is 19.6 Å². The molecule has 1 amide bonds. The molecule has 1 aromatic heterocycles. The van der Waals surface area contributed by atoms with Gasteiger partial charge in [-0.3, -0.25) is 4.79 Å². The smallest absolute Gasteiger partial charge is 0.252 e. The summed E-state index contributed by atoms with van der Waals surface area (Å²) < 4.78 is 8.48. The van der Waals surface area contributed by atoms with Gasteiger partial charge in [0.25, 0.3) is 5.91 Å². The van der Waals surface area contributed by atoms with Crippen molar-refractivity contribution in [2.45, 2.75) is 38.6 Å². The normalized spacial score (nSPS) is 12.1. The summed E-state index contributed by atoms with van der Waals surface area (Å²) in [6.45, 7) is 7.45. The lowest BCUT2D eigenvalue weighted by Crippen LogP contribution is -2.20. The number of thiazole rings is 1. The molecule has 0 spiro atoms. The molecule has 0 N–H and O–H groups in total. The van der Waals surface area contributed by atoms with Gasteiger partial charge in [-0.1, -0.05) is 29.0 Å². The first-order chi connectivity index (χ1) is 13.4. The van der Waals surface area contributed by atoms with Gasteiger partial charge in [0.2, 0.25) is 0 Å². The van der Waals surface area contributed by atoms with Gasteiger partial charge < -0.3 is 9.30 Å². The minimum Gasteiger partial charge on any atom is -0.383 e. The monoisotopic (exact) mass is 414 g/mol. The minimum atomic E-state index is -0.113. The predicted octanol–water partition coefficient (Wildman–Crippen LogP) is 4.67. The van der Waals surface area contributed by atoms with Crippen LogP contribution in [0, 0.1) is 20.8 Å². The first kappa shape index (κ1) is 20.8. The molecule has 6 heteroatoms. The predicted molar refractivity (Wildman–Crippen MR) is 118 cm³/mol. The van der Waals surface area contributed by atoms with Crippen molar-refractivity contribution in [2.24, 2.45) is 4.99 Å². The maximum Gasteiger partial charge on any atom is 0.252 e. The molecule has 0 saturated carbocycles. The average Bonchev–Trinajstić information content (AvgIpc) is 2.98. The number of rotatable bonds is 6. The van der Waals surface area contributed by atoms with E-state index >= 15 is 0 Å². The van der Waals surface area contributed by atoms with E-state index in [0.717, 1.165) is 31.7 Å². The van der Waals surface area contributed by atoms with Gasteiger partial charge in [0.15, 0.2) is 4.80 Å². The zero-order valence-corrected chi connectivity index (χ0v) is 18.7. The van der Waals surface area contributed by atoms with Gasteiger partial charge in [-0.25, -0.2) is 0 Å². The molecule has 28 heavy (non-hydrogen) atoms. The topological polar surface area (TPSA) is 43.6 Å². The van der Waals surface area contributed by atoms with E-state index in [1.807, 2.05) is 0 Å². The molecular formula is C22H26N2O2S2. The van der Waals surface area contributed by atoms with Gasteiger partial charge in [-0.2, -0.15) is 4.99 Å². The summed E-state index contributed by atoms with van der Waals surface area (Å²) in [5, 5.41) is 0. The SMILES string of the molecule is COCCn1c(=NC(=O)Cc2c(C)cc(C)cc2C)sc2cc(SC)ccc21. The lowest BCUT2D eigenvalue weighted by molar-refractivity contribution is -0.117. The van der Waals surface area contributed by atoms with Crippen LogP contribution in [-0.4, -0.2) is 30.4 Å². The standard InChI is InChI=1S/C22H26N2O2S2/c1-14-10-15(2)18(16(3)11-14)13-21(25)23-22-24(8-9-26-4)19-7-6-17(27-5)12-20(19)28-22/h6-7,10-12H,8-9,13H2,1-5H3. The molecule has 1 heterocycles. The number of amides is 1. The Morgan fingerprint density at radius 3 is 2.54 bits per heavy atom. The van der Waals surface area contributed by atoms with E-state index in [1.165, 1.54) is 10.5 Å². The van der Waals surface area contributed by atoms with Crippen LogP contribution in [-0.2, 0) is 22.5 Å². The highest BCUT2D eigenvalue weighted by atomic mass is 32.2. The Kier molecular flexibility index (Phi) is 6.75. The van der Waals surface area contributed by atoms with E-state index in [-0.39, 0.29) is 5.91 Å². The second kappa shape index (κ2) is 9.07. The van der Waals surface area contributed by atoms with E-state index in [2.05, 4.69) is 66.9 Å². The Morgan fingerprint density at radius 2 is 1.89 bits per heavy atom. The molecule has 4 nitrogen and oxygen atoms in total. The van der Waals surface area contributed by atoms with Crippen LogP contribution in [0.5, 0.6) is 0 Å². The van der Waals surface area contributed by atoms with Crippen molar-refractivity contribution in [3.8, 4) is 0 Å². The molecule has 0 aliphatic heterocycles. The molecule has 0 bridgehead atoms. The van der Waals surface area contributed by atoms with Crippen molar-refractivity contribution in [2.75, 3.05) is 20.0 Å². The highest BCUT2D eigenvalue weighted by Gasteiger charge is 2.12. The number of carbonyl (C=O) groups is 1. The first-order valence-electron chi connectivity index (χ1n) is 9.23. The number of thioether (sulfide) groups is 1. The van der Waals surface area contributed by atoms with Crippen LogP contribution in [0.15, 0.2) is 40.2 Å². The van der Waals surface area contributed by atoms with Crippen molar-refractivity contribution in [1.82, 2.24) is 4.57 Å². The highest BCUT2D eigenvalue weighted by molar-refractivity contribution is 7.98. The maximum absolute atomic E-state index is 12.8. The van der Waals surface area contributed by atoms with Gasteiger partial charge in [0.1, 0.15) is 0 Å². The number of carbonyl (C=O) groups excluding carboxylic acids is 1. The fourth-order valence-electron chi connectivity index (χ4n) is 3.45. The Bertz CT molecular complexity index is 1060. The van der Waals surface area contributed by atoms with Crippen LogP contribution in [0.2, 0.25) is 0 Å². The molecular weight excluding hydrogens is 388 g/mol. The third-order valence-electron chi connectivity index (χ3n) is 4.80. The minimum absolute atomic E-state index is 0.113. The van der Waals surface area contributed by atoms with Crippen LogP contribution in [0.3, 0.4) is 0 Å².